The summed E-state index contributed by atoms with van der Waals surface area (Å²) in [6.45, 7) is 0. The topological polar surface area (TPSA) is 14.8 Å². The fourth-order valence-corrected chi connectivity index (χ4v) is 15.7. The van der Waals surface area contributed by atoms with E-state index >= 15 is 0 Å². The van der Waals surface area contributed by atoms with Crippen LogP contribution < -0.4 is 20.7 Å². The van der Waals surface area contributed by atoms with Crippen molar-refractivity contribution in [3.05, 3.63) is 249 Å². The molecule has 10 aromatic carbocycles. The molecule has 0 atom stereocenters. The molecule has 0 saturated carbocycles. The van der Waals surface area contributed by atoms with Gasteiger partial charge >= 0.3 is 0 Å². The molecule has 0 aliphatic carbocycles. The maximum absolute atomic E-state index is 2.74. The fourth-order valence-electron chi connectivity index (χ4n) is 10.9. The van der Waals surface area contributed by atoms with Crippen molar-refractivity contribution in [2.45, 2.75) is 0 Å². The third-order valence-corrected chi connectivity index (χ3v) is 18.3. The molecule has 300 valence electrons. The van der Waals surface area contributed by atoms with Crippen LogP contribution in [0.4, 0.5) is 0 Å². The molecule has 4 heteroatoms. The highest BCUT2D eigenvalue weighted by Crippen LogP contribution is 2.39. The Morgan fingerprint density at radius 1 is 0.203 bits per heavy atom. The molecule has 64 heavy (non-hydrogen) atoms. The lowest BCUT2D eigenvalue weighted by atomic mass is 10.1. The van der Waals surface area contributed by atoms with Crippen molar-refractivity contribution in [1.29, 1.82) is 0 Å². The Morgan fingerprint density at radius 2 is 0.562 bits per heavy atom. The van der Waals surface area contributed by atoms with Crippen LogP contribution in [0, 0.1) is 0 Å². The van der Waals surface area contributed by atoms with Gasteiger partial charge < -0.3 is 13.7 Å². The molecule has 0 radical (unpaired) electrons. The third-order valence-electron chi connectivity index (χ3n) is 13.6. The van der Waals surface area contributed by atoms with Gasteiger partial charge in [-0.1, -0.05) is 182 Å². The minimum atomic E-state index is -2.74. The van der Waals surface area contributed by atoms with E-state index in [0.29, 0.717) is 0 Å². The summed E-state index contributed by atoms with van der Waals surface area (Å²) in [5, 5.41) is 13.0. The minimum Gasteiger partial charge on any atom is -0.309 e. The Labute approximate surface area is 372 Å². The van der Waals surface area contributed by atoms with E-state index in [1.807, 2.05) is 0 Å². The molecule has 0 fully saturated rings. The summed E-state index contributed by atoms with van der Waals surface area (Å²) in [6, 6.07) is 92.2. The van der Waals surface area contributed by atoms with Crippen molar-refractivity contribution in [1.82, 2.24) is 13.7 Å². The Morgan fingerprint density at radius 3 is 1.09 bits per heavy atom. The Hall–Kier alpha value is -8.18. The van der Waals surface area contributed by atoms with Gasteiger partial charge in [0.2, 0.25) is 0 Å². The maximum Gasteiger partial charge on any atom is 0.179 e. The zero-order valence-corrected chi connectivity index (χ0v) is 36.0. The summed E-state index contributed by atoms with van der Waals surface area (Å²) in [7, 11) is -2.74. The lowest BCUT2D eigenvalue weighted by Gasteiger charge is -2.34. The van der Waals surface area contributed by atoms with Gasteiger partial charge in [0.25, 0.3) is 0 Å². The summed E-state index contributed by atoms with van der Waals surface area (Å²) < 4.78 is 7.33. The van der Waals surface area contributed by atoms with E-state index in [9.17, 15) is 0 Å². The lowest BCUT2D eigenvalue weighted by molar-refractivity contribution is 1.15. The van der Waals surface area contributed by atoms with Crippen molar-refractivity contribution < 1.29 is 0 Å². The Kier molecular flexibility index (Phi) is 8.23. The summed E-state index contributed by atoms with van der Waals surface area (Å²) in [5.74, 6) is 0. The lowest BCUT2D eigenvalue weighted by Crippen LogP contribution is -2.74. The molecule has 0 aliphatic heterocycles. The Balaban J connectivity index is 1.05. The van der Waals surface area contributed by atoms with Crippen LogP contribution in [0.25, 0.3) is 82.5 Å². The summed E-state index contributed by atoms with van der Waals surface area (Å²) in [6.07, 6.45) is 0. The van der Waals surface area contributed by atoms with Crippen molar-refractivity contribution in [3.63, 3.8) is 0 Å². The SMILES string of the molecule is c1ccc(-n2c3ccc(-n4c5ccccc5c5cc([Si](c6ccccc6)(c6ccccc6)c6ccccc6)ccc54)cc3c3ccc(-n4c5ccccc5c5ccccc54)cc32)cc1. The molecule has 0 spiro atoms. The van der Waals surface area contributed by atoms with E-state index in [2.05, 4.69) is 262 Å². The number of fused-ring (bicyclic) bond motifs is 9. The number of para-hydroxylation sites is 4. The molecule has 13 rings (SSSR count). The number of hydrogen-bond acceptors (Lipinski definition) is 0. The molecule has 0 bridgehead atoms. The highest BCUT2D eigenvalue weighted by Gasteiger charge is 2.41. The van der Waals surface area contributed by atoms with Crippen LogP contribution in [0.2, 0.25) is 0 Å². The van der Waals surface area contributed by atoms with Gasteiger partial charge in [-0.3, -0.25) is 0 Å². The van der Waals surface area contributed by atoms with Crippen molar-refractivity contribution in [2.24, 2.45) is 0 Å². The van der Waals surface area contributed by atoms with E-state index < -0.39 is 8.07 Å². The first-order chi connectivity index (χ1) is 31.8. The van der Waals surface area contributed by atoms with Crippen LogP contribution >= 0.6 is 0 Å². The third kappa shape index (κ3) is 5.33. The van der Waals surface area contributed by atoms with E-state index in [1.54, 1.807) is 0 Å². The standard InChI is InChI=1S/C60H41N3Si/c1-5-19-42(20-6-1)61-58-37-34-43(39-53(58)52-36-33-44(40-60(52)61)63-55-30-16-13-27-49(55)50-28-14-17-31-56(50)63)62-57-32-18-15-29-51(57)54-41-48(35-38-59(54)62)64(45-21-7-2-8-22-45,46-23-9-3-10-24-46)47-25-11-4-12-26-47/h1-41H. The van der Waals surface area contributed by atoms with Crippen LogP contribution in [0.3, 0.4) is 0 Å². The molecule has 3 aromatic heterocycles. The van der Waals surface area contributed by atoms with Crippen LogP contribution in [0.15, 0.2) is 249 Å². The van der Waals surface area contributed by atoms with Gasteiger partial charge in [-0.2, -0.15) is 0 Å². The van der Waals surface area contributed by atoms with Crippen LogP contribution in [0.1, 0.15) is 0 Å². The average Bonchev–Trinajstić information content (AvgIpc) is 4.00. The van der Waals surface area contributed by atoms with Crippen molar-refractivity contribution >= 4 is 94.2 Å². The first-order valence-electron chi connectivity index (χ1n) is 22.1. The zero-order valence-electron chi connectivity index (χ0n) is 35.0. The Bertz CT molecular complexity index is 3730. The normalized spacial score (nSPS) is 12.1. The van der Waals surface area contributed by atoms with Gasteiger partial charge in [0, 0.05) is 49.4 Å². The second-order valence-electron chi connectivity index (χ2n) is 16.9. The molecule has 0 N–H and O–H groups in total. The number of hydrogen-bond donors (Lipinski definition) is 0. The van der Waals surface area contributed by atoms with E-state index in [0.717, 1.165) is 17.1 Å². The predicted octanol–water partition coefficient (Wildman–Crippen LogP) is 12.4. The molecule has 0 saturated heterocycles. The number of aromatic nitrogens is 3. The minimum absolute atomic E-state index is 1.14. The van der Waals surface area contributed by atoms with Gasteiger partial charge in [-0.05, 0) is 87.5 Å². The van der Waals surface area contributed by atoms with E-state index in [4.69, 9.17) is 0 Å². The number of nitrogens with zero attached hydrogens (tertiary/aromatic N) is 3. The number of benzene rings is 10. The van der Waals surface area contributed by atoms with Gasteiger partial charge in [-0.15, -0.1) is 0 Å². The summed E-state index contributed by atoms with van der Waals surface area (Å²) in [4.78, 5) is 0. The molecule has 0 aliphatic rings. The van der Waals surface area contributed by atoms with Crippen LogP contribution in [-0.4, -0.2) is 21.8 Å². The highest BCUT2D eigenvalue weighted by molar-refractivity contribution is 7.20. The van der Waals surface area contributed by atoms with Gasteiger partial charge in [-0.25, -0.2) is 0 Å². The smallest absolute Gasteiger partial charge is 0.179 e. The molecular weight excluding hydrogens is 791 g/mol. The zero-order chi connectivity index (χ0) is 42.2. The second-order valence-corrected chi connectivity index (χ2v) is 20.7. The summed E-state index contributed by atoms with van der Waals surface area (Å²) >= 11 is 0. The van der Waals surface area contributed by atoms with Crippen molar-refractivity contribution in [2.75, 3.05) is 0 Å². The highest BCUT2D eigenvalue weighted by atomic mass is 28.3. The molecular formula is C60H41N3Si. The van der Waals surface area contributed by atoms with Gasteiger partial charge in [0.05, 0.1) is 33.1 Å². The first kappa shape index (κ1) is 36.5. The first-order valence-corrected chi connectivity index (χ1v) is 24.1. The van der Waals surface area contributed by atoms with E-state index in [-0.39, 0.29) is 0 Å². The maximum atomic E-state index is 2.52. The molecule has 13 aromatic rings. The summed E-state index contributed by atoms with van der Waals surface area (Å²) in [5.41, 5.74) is 10.6. The molecule has 3 nitrogen and oxygen atoms in total. The molecule has 0 unspecified atom stereocenters. The quantitative estimate of drug-likeness (QED) is 0.112. The van der Waals surface area contributed by atoms with Gasteiger partial charge in [0.15, 0.2) is 8.07 Å². The largest absolute Gasteiger partial charge is 0.309 e. The van der Waals surface area contributed by atoms with Crippen molar-refractivity contribution in [3.8, 4) is 17.1 Å². The monoisotopic (exact) mass is 831 g/mol. The van der Waals surface area contributed by atoms with Gasteiger partial charge in [0.1, 0.15) is 0 Å². The van der Waals surface area contributed by atoms with E-state index in [1.165, 1.54) is 86.2 Å². The molecule has 0 amide bonds. The average molecular weight is 832 g/mol. The molecule has 3 heterocycles. The van der Waals surface area contributed by atoms with Crippen LogP contribution in [-0.2, 0) is 0 Å². The fraction of sp³-hybridized carbons (Fsp3) is 0. The van der Waals surface area contributed by atoms with Crippen LogP contribution in [0.5, 0.6) is 0 Å². The predicted molar refractivity (Wildman–Crippen MR) is 273 cm³/mol. The second kappa shape index (κ2) is 14.5. The number of rotatable bonds is 7.